The molecule has 6 nitrogen and oxygen atoms in total. The summed E-state index contributed by atoms with van der Waals surface area (Å²) in [6, 6.07) is 13.2. The fraction of sp³-hybridized carbons (Fsp3) is 0.435. The Bertz CT molecular complexity index is 995. The van der Waals surface area contributed by atoms with Gasteiger partial charge in [-0.3, -0.25) is 4.79 Å². The Balaban J connectivity index is 1.55. The molecule has 1 fully saturated rings. The van der Waals surface area contributed by atoms with E-state index >= 15 is 0 Å². The molecule has 1 aliphatic rings. The van der Waals surface area contributed by atoms with Crippen LogP contribution in [0.4, 0.5) is 0 Å². The highest BCUT2D eigenvalue weighted by atomic mass is 32.2. The minimum absolute atomic E-state index is 0.00367. The number of carbonyl (C=O) groups is 1. The highest BCUT2D eigenvalue weighted by Gasteiger charge is 2.34. The van der Waals surface area contributed by atoms with Gasteiger partial charge in [0.1, 0.15) is 0 Å². The van der Waals surface area contributed by atoms with E-state index in [0.717, 1.165) is 21.6 Å². The van der Waals surface area contributed by atoms with Crippen LogP contribution < -0.4 is 10.2 Å². The quantitative estimate of drug-likeness (QED) is 0.724. The molecule has 1 aliphatic heterocycles. The van der Waals surface area contributed by atoms with Crippen molar-refractivity contribution in [3.63, 3.8) is 0 Å². The Morgan fingerprint density at radius 1 is 1.03 bits per heavy atom. The van der Waals surface area contributed by atoms with Crippen LogP contribution in [0.25, 0.3) is 0 Å². The molecule has 0 aliphatic carbocycles. The molecule has 0 spiro atoms. The number of nitrogens with zero attached hydrogens (tertiary/aromatic N) is 1. The summed E-state index contributed by atoms with van der Waals surface area (Å²) >= 11 is 0. The summed E-state index contributed by atoms with van der Waals surface area (Å²) in [6.45, 7) is 10.4. The van der Waals surface area contributed by atoms with E-state index in [1.807, 2.05) is 58.0 Å². The molecule has 0 saturated carbocycles. The Hall–Kier alpha value is -2.22. The van der Waals surface area contributed by atoms with Gasteiger partial charge in [0.25, 0.3) is 5.91 Å². The van der Waals surface area contributed by atoms with Crippen molar-refractivity contribution in [1.82, 2.24) is 9.62 Å². The molecule has 7 heteroatoms. The maximum absolute atomic E-state index is 13.0. The molecule has 30 heavy (non-hydrogen) atoms. The molecule has 1 saturated heterocycles. The number of hydrogen-bond acceptors (Lipinski definition) is 3. The number of nitrogens with one attached hydrogen (secondary N) is 2. The van der Waals surface area contributed by atoms with Crippen molar-refractivity contribution in [3.8, 4) is 0 Å². The number of rotatable bonds is 6. The van der Waals surface area contributed by atoms with E-state index in [2.05, 4.69) is 5.32 Å². The molecule has 0 unspecified atom stereocenters. The molecule has 2 N–H and O–H groups in total. The average molecular weight is 431 g/mol. The van der Waals surface area contributed by atoms with Crippen molar-refractivity contribution in [2.75, 3.05) is 26.2 Å². The van der Waals surface area contributed by atoms with Gasteiger partial charge in [-0.25, -0.2) is 8.42 Å². The van der Waals surface area contributed by atoms with Gasteiger partial charge in [-0.1, -0.05) is 35.9 Å². The second-order valence-electron chi connectivity index (χ2n) is 8.23. The van der Waals surface area contributed by atoms with E-state index in [4.69, 9.17) is 0 Å². The molecule has 2 aromatic carbocycles. The van der Waals surface area contributed by atoms with Crippen molar-refractivity contribution in [3.05, 3.63) is 64.7 Å². The normalized spacial score (nSPS) is 16.9. The van der Waals surface area contributed by atoms with Crippen LogP contribution in [-0.4, -0.2) is 50.9 Å². The third-order valence-electron chi connectivity index (χ3n) is 6.07. The third kappa shape index (κ3) is 5.09. The minimum Gasteiger partial charge on any atom is -0.347 e. The molecule has 0 radical (unpaired) electrons. The lowest BCUT2D eigenvalue weighted by atomic mass is 10.1. The number of sulfonamides is 1. The van der Waals surface area contributed by atoms with Crippen molar-refractivity contribution in [2.45, 2.75) is 45.2 Å². The average Bonchev–Trinajstić information content (AvgIpc) is 2.74. The number of aryl methyl sites for hydroxylation is 3. The van der Waals surface area contributed by atoms with Crippen LogP contribution in [0.2, 0.25) is 0 Å². The third-order valence-corrected chi connectivity index (χ3v) is 7.97. The summed E-state index contributed by atoms with van der Waals surface area (Å²) in [5.74, 6) is -0.00367. The first-order valence-corrected chi connectivity index (χ1v) is 11.9. The predicted octanol–water partition coefficient (Wildman–Crippen LogP) is 1.21. The van der Waals surface area contributed by atoms with Crippen molar-refractivity contribution in [1.29, 1.82) is 0 Å². The van der Waals surface area contributed by atoms with E-state index in [0.29, 0.717) is 37.6 Å². The molecule has 1 heterocycles. The van der Waals surface area contributed by atoms with Crippen LogP contribution in [-0.2, 0) is 21.4 Å². The number of hydrogen-bond donors (Lipinski definition) is 2. The zero-order valence-corrected chi connectivity index (χ0v) is 19.1. The van der Waals surface area contributed by atoms with Crippen LogP contribution in [0.3, 0.4) is 0 Å². The Labute approximate surface area is 179 Å². The fourth-order valence-corrected chi connectivity index (χ4v) is 5.23. The number of quaternary nitrogens is 1. The van der Waals surface area contributed by atoms with Crippen molar-refractivity contribution >= 4 is 15.9 Å². The zero-order chi connectivity index (χ0) is 21.9. The van der Waals surface area contributed by atoms with Crippen LogP contribution in [0.5, 0.6) is 0 Å². The van der Waals surface area contributed by atoms with Gasteiger partial charge >= 0.3 is 0 Å². The Kier molecular flexibility index (Phi) is 6.95. The van der Waals surface area contributed by atoms with Gasteiger partial charge in [0.15, 0.2) is 6.04 Å². The summed E-state index contributed by atoms with van der Waals surface area (Å²) in [4.78, 5) is 14.0. The first kappa shape index (κ1) is 22.5. The monoisotopic (exact) mass is 430 g/mol. The predicted molar refractivity (Wildman–Crippen MR) is 118 cm³/mol. The molecule has 3 rings (SSSR count). The van der Waals surface area contributed by atoms with Gasteiger partial charge in [-0.15, -0.1) is 0 Å². The lowest BCUT2D eigenvalue weighted by molar-refractivity contribution is -0.917. The topological polar surface area (TPSA) is 70.9 Å². The van der Waals surface area contributed by atoms with Crippen LogP contribution in [0.1, 0.15) is 29.2 Å². The summed E-state index contributed by atoms with van der Waals surface area (Å²) in [7, 11) is -3.50. The molecular weight excluding hydrogens is 398 g/mol. The molecule has 0 aromatic heterocycles. The molecule has 1 atom stereocenters. The van der Waals surface area contributed by atoms with Crippen LogP contribution in [0, 0.1) is 20.8 Å². The van der Waals surface area contributed by atoms with Gasteiger partial charge in [-0.05, 0) is 56.5 Å². The van der Waals surface area contributed by atoms with Gasteiger partial charge < -0.3 is 10.2 Å². The summed E-state index contributed by atoms with van der Waals surface area (Å²) in [5.41, 5.74) is 4.31. The van der Waals surface area contributed by atoms with E-state index < -0.39 is 10.0 Å². The van der Waals surface area contributed by atoms with Gasteiger partial charge in [0.2, 0.25) is 10.0 Å². The first-order valence-electron chi connectivity index (χ1n) is 10.4. The van der Waals surface area contributed by atoms with Crippen LogP contribution >= 0.6 is 0 Å². The first-order chi connectivity index (χ1) is 14.2. The number of amides is 1. The minimum atomic E-state index is -3.50. The standard InChI is InChI=1S/C23H31N3O3S/c1-17-5-8-21(9-6-17)16-24-23(27)20(4)25-11-13-26(14-12-25)30(28,29)22-10-7-18(2)19(3)15-22/h5-10,15,20H,11-14,16H2,1-4H3,(H,24,27)/p+1/t20-/m1/s1. The number of benzene rings is 2. The van der Waals surface area contributed by atoms with Crippen molar-refractivity contribution in [2.24, 2.45) is 0 Å². The highest BCUT2D eigenvalue weighted by Crippen LogP contribution is 2.19. The lowest BCUT2D eigenvalue weighted by Crippen LogP contribution is -3.19. The lowest BCUT2D eigenvalue weighted by Gasteiger charge is -2.34. The van der Waals surface area contributed by atoms with E-state index in [9.17, 15) is 13.2 Å². The number of carbonyl (C=O) groups excluding carboxylic acids is 1. The van der Waals surface area contributed by atoms with Gasteiger partial charge in [0.05, 0.1) is 31.1 Å². The van der Waals surface area contributed by atoms with Crippen molar-refractivity contribution < 1.29 is 18.1 Å². The SMILES string of the molecule is Cc1ccc(CNC(=O)[C@@H](C)[NH+]2CCN(S(=O)(=O)c3ccc(C)c(C)c3)CC2)cc1. The molecule has 2 aromatic rings. The Morgan fingerprint density at radius 3 is 2.27 bits per heavy atom. The molecular formula is C23H32N3O3S+. The maximum Gasteiger partial charge on any atom is 0.278 e. The second-order valence-corrected chi connectivity index (χ2v) is 10.2. The summed E-state index contributed by atoms with van der Waals surface area (Å²) < 4.78 is 27.5. The Morgan fingerprint density at radius 2 is 1.67 bits per heavy atom. The van der Waals surface area contributed by atoms with E-state index in [1.54, 1.807) is 12.1 Å². The largest absolute Gasteiger partial charge is 0.347 e. The van der Waals surface area contributed by atoms with Gasteiger partial charge in [-0.2, -0.15) is 4.31 Å². The molecule has 0 bridgehead atoms. The number of piperazine rings is 1. The maximum atomic E-state index is 13.0. The van der Waals surface area contributed by atoms with E-state index in [1.165, 1.54) is 9.87 Å². The summed E-state index contributed by atoms with van der Waals surface area (Å²) in [6.07, 6.45) is 0. The fourth-order valence-electron chi connectivity index (χ4n) is 3.70. The molecule has 162 valence electrons. The smallest absolute Gasteiger partial charge is 0.278 e. The highest BCUT2D eigenvalue weighted by molar-refractivity contribution is 7.89. The second kappa shape index (κ2) is 9.29. The molecule has 1 amide bonds. The summed E-state index contributed by atoms with van der Waals surface area (Å²) in [5, 5.41) is 3.00. The zero-order valence-electron chi connectivity index (χ0n) is 18.2. The van der Waals surface area contributed by atoms with E-state index in [-0.39, 0.29) is 11.9 Å². The van der Waals surface area contributed by atoms with Gasteiger partial charge in [0, 0.05) is 6.54 Å². The van der Waals surface area contributed by atoms with Crippen LogP contribution in [0.15, 0.2) is 47.4 Å².